The van der Waals surface area contributed by atoms with Crippen LogP contribution in [-0.4, -0.2) is 40.9 Å². The summed E-state index contributed by atoms with van der Waals surface area (Å²) in [5, 5.41) is 11.3. The van der Waals surface area contributed by atoms with Crippen LogP contribution in [0.4, 0.5) is 11.4 Å². The number of carbonyl (C=O) groups is 2. The smallest absolute Gasteiger partial charge is 0.277 e. The van der Waals surface area contributed by atoms with E-state index in [2.05, 4.69) is 15.5 Å². The quantitative estimate of drug-likeness (QED) is 0.515. The predicted molar refractivity (Wildman–Crippen MR) is 122 cm³/mol. The SMILES string of the molecule is CCOc1ccc(NC(=O)CSc2nnc([C@@H]3CC(=O)N(c4ccc(C)cc4)C3)o2)cc1. The zero-order valence-corrected chi connectivity index (χ0v) is 18.7. The van der Waals surface area contributed by atoms with Gasteiger partial charge in [-0.3, -0.25) is 9.59 Å². The second kappa shape index (κ2) is 9.86. The summed E-state index contributed by atoms with van der Waals surface area (Å²) in [4.78, 5) is 26.4. The van der Waals surface area contributed by atoms with Crippen molar-refractivity contribution in [3.8, 4) is 5.75 Å². The molecule has 0 unspecified atom stereocenters. The molecule has 1 N–H and O–H groups in total. The second-order valence-electron chi connectivity index (χ2n) is 7.44. The van der Waals surface area contributed by atoms with E-state index in [9.17, 15) is 9.59 Å². The van der Waals surface area contributed by atoms with Crippen LogP contribution in [0.2, 0.25) is 0 Å². The van der Waals surface area contributed by atoms with Crippen LogP contribution < -0.4 is 15.0 Å². The van der Waals surface area contributed by atoms with Crippen molar-refractivity contribution < 1.29 is 18.7 Å². The number of nitrogens with one attached hydrogen (secondary N) is 1. The van der Waals surface area contributed by atoms with E-state index in [1.54, 1.807) is 29.2 Å². The first-order valence-corrected chi connectivity index (χ1v) is 11.4. The largest absolute Gasteiger partial charge is 0.494 e. The Morgan fingerprint density at radius 2 is 1.94 bits per heavy atom. The predicted octanol–water partition coefficient (Wildman–Crippen LogP) is 4.03. The molecular formula is C23H24N4O4S. The van der Waals surface area contributed by atoms with E-state index in [1.165, 1.54) is 0 Å². The summed E-state index contributed by atoms with van der Waals surface area (Å²) in [5.74, 6) is 0.991. The minimum absolute atomic E-state index is 0.0287. The van der Waals surface area contributed by atoms with Gasteiger partial charge in [-0.25, -0.2) is 0 Å². The van der Waals surface area contributed by atoms with Gasteiger partial charge in [-0.2, -0.15) is 0 Å². The molecule has 1 fully saturated rings. The minimum atomic E-state index is -0.180. The number of aryl methyl sites for hydroxylation is 1. The van der Waals surface area contributed by atoms with Gasteiger partial charge in [-0.05, 0) is 50.2 Å². The van der Waals surface area contributed by atoms with E-state index in [0.29, 0.717) is 36.4 Å². The lowest BCUT2D eigenvalue weighted by molar-refractivity contribution is -0.117. The Morgan fingerprint density at radius 3 is 2.66 bits per heavy atom. The zero-order chi connectivity index (χ0) is 22.5. The highest BCUT2D eigenvalue weighted by Crippen LogP contribution is 2.32. The van der Waals surface area contributed by atoms with Gasteiger partial charge in [-0.1, -0.05) is 29.5 Å². The highest BCUT2D eigenvalue weighted by molar-refractivity contribution is 7.99. The topological polar surface area (TPSA) is 97.6 Å². The van der Waals surface area contributed by atoms with Crippen molar-refractivity contribution in [2.24, 2.45) is 0 Å². The number of ether oxygens (including phenoxy) is 1. The van der Waals surface area contributed by atoms with E-state index in [1.807, 2.05) is 38.1 Å². The van der Waals surface area contributed by atoms with Crippen molar-refractivity contribution in [1.29, 1.82) is 0 Å². The lowest BCUT2D eigenvalue weighted by atomic mass is 10.1. The summed E-state index contributed by atoms with van der Waals surface area (Å²) < 4.78 is 11.1. The number of amides is 2. The van der Waals surface area contributed by atoms with Gasteiger partial charge in [0.1, 0.15) is 5.75 Å². The van der Waals surface area contributed by atoms with Crippen LogP contribution in [0.3, 0.4) is 0 Å². The van der Waals surface area contributed by atoms with Crippen LogP contribution in [0.25, 0.3) is 0 Å². The van der Waals surface area contributed by atoms with Crippen molar-refractivity contribution in [2.45, 2.75) is 31.4 Å². The average Bonchev–Trinajstić information content (AvgIpc) is 3.41. The second-order valence-corrected chi connectivity index (χ2v) is 8.37. The number of hydrogen-bond donors (Lipinski definition) is 1. The molecule has 0 radical (unpaired) electrons. The lowest BCUT2D eigenvalue weighted by Crippen LogP contribution is -2.24. The molecule has 0 spiro atoms. The van der Waals surface area contributed by atoms with Crippen LogP contribution in [0.1, 0.15) is 30.7 Å². The molecule has 9 heteroatoms. The van der Waals surface area contributed by atoms with E-state index in [0.717, 1.165) is 28.8 Å². The van der Waals surface area contributed by atoms with Crippen molar-refractivity contribution >= 4 is 35.0 Å². The van der Waals surface area contributed by atoms with E-state index >= 15 is 0 Å². The first kappa shape index (κ1) is 21.9. The lowest BCUT2D eigenvalue weighted by Gasteiger charge is -2.16. The van der Waals surface area contributed by atoms with Crippen LogP contribution in [0, 0.1) is 6.92 Å². The fourth-order valence-corrected chi connectivity index (χ4v) is 3.99. The van der Waals surface area contributed by atoms with Gasteiger partial charge in [0.15, 0.2) is 0 Å². The molecule has 32 heavy (non-hydrogen) atoms. The summed E-state index contributed by atoms with van der Waals surface area (Å²) in [5.41, 5.74) is 2.69. The number of hydrogen-bond acceptors (Lipinski definition) is 7. The summed E-state index contributed by atoms with van der Waals surface area (Å²) >= 11 is 1.16. The Morgan fingerprint density at radius 1 is 1.19 bits per heavy atom. The molecule has 8 nitrogen and oxygen atoms in total. The first-order chi connectivity index (χ1) is 15.5. The maximum atomic E-state index is 12.5. The van der Waals surface area contributed by atoms with Gasteiger partial charge in [0.2, 0.25) is 17.7 Å². The molecule has 1 aliphatic heterocycles. The number of rotatable bonds is 8. The molecule has 2 heterocycles. The van der Waals surface area contributed by atoms with Crippen LogP contribution in [0.15, 0.2) is 58.2 Å². The third-order valence-corrected chi connectivity index (χ3v) is 5.84. The number of carbonyl (C=O) groups excluding carboxylic acids is 2. The molecule has 2 aromatic carbocycles. The maximum absolute atomic E-state index is 12.5. The van der Waals surface area contributed by atoms with Crippen LogP contribution in [-0.2, 0) is 9.59 Å². The van der Waals surface area contributed by atoms with Crippen LogP contribution >= 0.6 is 11.8 Å². The van der Waals surface area contributed by atoms with Crippen molar-refractivity contribution in [3.63, 3.8) is 0 Å². The normalized spacial score (nSPS) is 15.8. The van der Waals surface area contributed by atoms with Crippen molar-refractivity contribution in [2.75, 3.05) is 29.1 Å². The molecule has 1 saturated heterocycles. The Balaban J connectivity index is 1.29. The highest BCUT2D eigenvalue weighted by Gasteiger charge is 2.35. The number of anilines is 2. The van der Waals surface area contributed by atoms with Gasteiger partial charge in [0, 0.05) is 24.3 Å². The number of aromatic nitrogens is 2. The Bertz CT molecular complexity index is 1080. The third kappa shape index (κ3) is 5.28. The van der Waals surface area contributed by atoms with Crippen molar-refractivity contribution in [3.05, 3.63) is 60.0 Å². The molecule has 0 saturated carbocycles. The highest BCUT2D eigenvalue weighted by atomic mass is 32.2. The van der Waals surface area contributed by atoms with Gasteiger partial charge >= 0.3 is 0 Å². The Labute approximate surface area is 190 Å². The van der Waals surface area contributed by atoms with Crippen molar-refractivity contribution in [1.82, 2.24) is 10.2 Å². The minimum Gasteiger partial charge on any atom is -0.494 e. The number of thioether (sulfide) groups is 1. The zero-order valence-electron chi connectivity index (χ0n) is 17.9. The molecule has 1 atom stereocenters. The molecule has 1 aliphatic rings. The third-order valence-electron chi connectivity index (χ3n) is 5.02. The summed E-state index contributed by atoms with van der Waals surface area (Å²) in [6, 6.07) is 15.0. The first-order valence-electron chi connectivity index (χ1n) is 10.4. The van der Waals surface area contributed by atoms with Crippen LogP contribution in [0.5, 0.6) is 5.75 Å². The standard InChI is InChI=1S/C23H24N4O4S/c1-3-30-19-10-6-17(7-11-19)24-20(28)14-32-23-26-25-22(31-23)16-12-21(29)27(13-16)18-8-4-15(2)5-9-18/h4-11,16H,3,12-14H2,1-2H3,(H,24,28)/t16-/m1/s1. The molecule has 1 aromatic heterocycles. The van der Waals surface area contributed by atoms with Gasteiger partial charge in [-0.15, -0.1) is 10.2 Å². The molecule has 2 amide bonds. The summed E-state index contributed by atoms with van der Waals surface area (Å²) in [7, 11) is 0. The van der Waals surface area contributed by atoms with Gasteiger partial charge in [0.05, 0.1) is 18.3 Å². The molecule has 166 valence electrons. The van der Waals surface area contributed by atoms with E-state index < -0.39 is 0 Å². The average molecular weight is 453 g/mol. The molecule has 0 aliphatic carbocycles. The Kier molecular flexibility index (Phi) is 6.75. The molecule has 4 rings (SSSR count). The van der Waals surface area contributed by atoms with E-state index in [-0.39, 0.29) is 23.5 Å². The fraction of sp³-hybridized carbons (Fsp3) is 0.304. The summed E-state index contributed by atoms with van der Waals surface area (Å²) in [6.07, 6.45) is 0.318. The molecule has 3 aromatic rings. The Hall–Kier alpha value is -3.33. The summed E-state index contributed by atoms with van der Waals surface area (Å²) in [6.45, 7) is 5.01. The maximum Gasteiger partial charge on any atom is 0.277 e. The number of benzene rings is 2. The van der Waals surface area contributed by atoms with Gasteiger partial charge in [0.25, 0.3) is 5.22 Å². The molecular weight excluding hydrogens is 428 g/mol. The molecule has 0 bridgehead atoms. The number of nitrogens with zero attached hydrogens (tertiary/aromatic N) is 3. The van der Waals surface area contributed by atoms with E-state index in [4.69, 9.17) is 9.15 Å². The monoisotopic (exact) mass is 452 g/mol. The van der Waals surface area contributed by atoms with Gasteiger partial charge < -0.3 is 19.4 Å². The fourth-order valence-electron chi connectivity index (χ4n) is 3.42.